The van der Waals surface area contributed by atoms with E-state index in [1.165, 1.54) is 31.3 Å². The molecule has 3 atom stereocenters. The molecule has 2 aliphatic carbocycles. The number of alkyl halides is 1. The van der Waals surface area contributed by atoms with Gasteiger partial charge in [-0.2, -0.15) is 0 Å². The van der Waals surface area contributed by atoms with Gasteiger partial charge in [0.25, 0.3) is 0 Å². The minimum absolute atomic E-state index is 0.134. The Hall–Kier alpha value is 0.180. The molecule has 0 aromatic rings. The Balaban J connectivity index is 2.15. The Labute approximate surface area is 82.0 Å². The highest BCUT2D eigenvalue weighted by atomic mass is 79.9. The van der Waals surface area contributed by atoms with Crippen molar-refractivity contribution in [2.45, 2.75) is 43.0 Å². The molecule has 2 aliphatic rings. The zero-order chi connectivity index (χ0) is 8.55. The van der Waals surface area contributed by atoms with Gasteiger partial charge < -0.3 is 5.11 Å². The molecule has 0 aromatic heterocycles. The maximum atomic E-state index is 9.89. The quantitative estimate of drug-likeness (QED) is 0.502. The van der Waals surface area contributed by atoms with Crippen LogP contribution in [0.2, 0.25) is 0 Å². The summed E-state index contributed by atoms with van der Waals surface area (Å²) in [6.45, 7) is 0. The van der Waals surface area contributed by atoms with Crippen LogP contribution in [-0.2, 0) is 0 Å². The molecule has 1 nitrogen and oxygen atoms in total. The predicted octanol–water partition coefficient (Wildman–Crippen LogP) is 2.63. The molecule has 0 heterocycles. The van der Waals surface area contributed by atoms with Gasteiger partial charge in [-0.3, -0.25) is 0 Å². The summed E-state index contributed by atoms with van der Waals surface area (Å²) in [5.41, 5.74) is 1.52. The third kappa shape index (κ3) is 1.47. The zero-order valence-electron chi connectivity index (χ0n) is 7.17. The molecule has 0 unspecified atom stereocenters. The van der Waals surface area contributed by atoms with E-state index >= 15 is 0 Å². The largest absolute Gasteiger partial charge is 0.391 e. The SMILES string of the molecule is O[C@@H]1[C@@H](Br)CCC2=CCCC[C@@H]21. The molecule has 1 saturated carbocycles. The van der Waals surface area contributed by atoms with Crippen molar-refractivity contribution >= 4 is 15.9 Å². The van der Waals surface area contributed by atoms with E-state index in [9.17, 15) is 5.11 Å². The molecule has 1 N–H and O–H groups in total. The Morgan fingerprint density at radius 2 is 2.25 bits per heavy atom. The molecule has 2 rings (SSSR count). The molecule has 0 saturated heterocycles. The van der Waals surface area contributed by atoms with E-state index in [-0.39, 0.29) is 6.10 Å². The highest BCUT2D eigenvalue weighted by Gasteiger charge is 2.33. The highest BCUT2D eigenvalue weighted by Crippen LogP contribution is 2.39. The number of rotatable bonds is 0. The smallest absolute Gasteiger partial charge is 0.0730 e. The van der Waals surface area contributed by atoms with E-state index in [4.69, 9.17) is 0 Å². The fraction of sp³-hybridized carbons (Fsp3) is 0.800. The van der Waals surface area contributed by atoms with Crippen LogP contribution in [0.1, 0.15) is 32.1 Å². The van der Waals surface area contributed by atoms with Gasteiger partial charge in [0.1, 0.15) is 0 Å². The van der Waals surface area contributed by atoms with E-state index in [0.717, 1.165) is 6.42 Å². The molecule has 1 fully saturated rings. The van der Waals surface area contributed by atoms with Crippen LogP contribution in [0.25, 0.3) is 0 Å². The zero-order valence-corrected chi connectivity index (χ0v) is 8.76. The number of fused-ring (bicyclic) bond motifs is 1. The van der Waals surface area contributed by atoms with E-state index in [0.29, 0.717) is 10.7 Å². The second-order valence-corrected chi connectivity index (χ2v) is 5.04. The van der Waals surface area contributed by atoms with E-state index < -0.39 is 0 Å². The van der Waals surface area contributed by atoms with Gasteiger partial charge in [0.05, 0.1) is 6.10 Å². The average molecular weight is 231 g/mol. The predicted molar refractivity (Wildman–Crippen MR) is 53.4 cm³/mol. The summed E-state index contributed by atoms with van der Waals surface area (Å²) < 4.78 is 0. The molecule has 68 valence electrons. The maximum absolute atomic E-state index is 9.89. The van der Waals surface area contributed by atoms with Crippen LogP contribution < -0.4 is 0 Å². The van der Waals surface area contributed by atoms with Crippen LogP contribution in [0.15, 0.2) is 11.6 Å². The van der Waals surface area contributed by atoms with Crippen molar-refractivity contribution < 1.29 is 5.11 Å². The van der Waals surface area contributed by atoms with E-state index in [2.05, 4.69) is 22.0 Å². The minimum Gasteiger partial charge on any atom is -0.391 e. The molecule has 0 spiro atoms. The van der Waals surface area contributed by atoms with Gasteiger partial charge in [-0.05, 0) is 32.1 Å². The van der Waals surface area contributed by atoms with Gasteiger partial charge in [-0.15, -0.1) is 0 Å². The summed E-state index contributed by atoms with van der Waals surface area (Å²) >= 11 is 3.54. The molecule has 12 heavy (non-hydrogen) atoms. The third-order valence-electron chi connectivity index (χ3n) is 3.09. The summed E-state index contributed by atoms with van der Waals surface area (Å²) in [5.74, 6) is 0.469. The molecule has 0 amide bonds. The number of aliphatic hydroxyl groups is 1. The lowest BCUT2D eigenvalue weighted by molar-refractivity contribution is 0.0974. The van der Waals surface area contributed by atoms with Gasteiger partial charge in [-0.1, -0.05) is 27.6 Å². The fourth-order valence-corrected chi connectivity index (χ4v) is 2.96. The topological polar surface area (TPSA) is 20.2 Å². The van der Waals surface area contributed by atoms with Crippen molar-refractivity contribution in [1.29, 1.82) is 0 Å². The fourth-order valence-electron chi connectivity index (χ4n) is 2.37. The van der Waals surface area contributed by atoms with E-state index in [1.54, 1.807) is 0 Å². The van der Waals surface area contributed by atoms with Crippen molar-refractivity contribution in [1.82, 2.24) is 0 Å². The van der Waals surface area contributed by atoms with Crippen molar-refractivity contribution in [3.8, 4) is 0 Å². The first-order valence-electron chi connectivity index (χ1n) is 4.80. The first-order valence-corrected chi connectivity index (χ1v) is 5.71. The Bertz CT molecular complexity index is 200. The molecule has 2 heteroatoms. The molecular formula is C10H15BrO. The van der Waals surface area contributed by atoms with Crippen LogP contribution in [0.5, 0.6) is 0 Å². The number of hydrogen-bond donors (Lipinski definition) is 1. The summed E-state index contributed by atoms with van der Waals surface area (Å²) in [6, 6.07) is 0. The second-order valence-electron chi connectivity index (χ2n) is 3.86. The standard InChI is InChI=1S/C10H15BrO/c11-9-6-5-7-3-1-2-4-8(7)10(9)12/h3,8-10,12H,1-2,4-6H2/t8-,9-,10-/m0/s1. The lowest BCUT2D eigenvalue weighted by Crippen LogP contribution is -2.36. The molecular weight excluding hydrogens is 216 g/mol. The normalized spacial score (nSPS) is 41.8. The lowest BCUT2D eigenvalue weighted by atomic mass is 9.76. The van der Waals surface area contributed by atoms with Gasteiger partial charge in [0.15, 0.2) is 0 Å². The second kappa shape index (κ2) is 3.51. The lowest BCUT2D eigenvalue weighted by Gasteiger charge is -2.36. The van der Waals surface area contributed by atoms with Crippen LogP contribution in [0.3, 0.4) is 0 Å². The summed E-state index contributed by atoms with van der Waals surface area (Å²) in [5, 5.41) is 9.89. The number of halogens is 1. The first-order chi connectivity index (χ1) is 5.79. The van der Waals surface area contributed by atoms with Crippen molar-refractivity contribution in [2.24, 2.45) is 5.92 Å². The van der Waals surface area contributed by atoms with Gasteiger partial charge in [0, 0.05) is 10.7 Å². The van der Waals surface area contributed by atoms with Gasteiger partial charge in [-0.25, -0.2) is 0 Å². The number of aliphatic hydroxyl groups excluding tert-OH is 1. The van der Waals surface area contributed by atoms with Crippen LogP contribution in [0, 0.1) is 5.92 Å². The van der Waals surface area contributed by atoms with Crippen LogP contribution in [0.4, 0.5) is 0 Å². The van der Waals surface area contributed by atoms with Crippen LogP contribution >= 0.6 is 15.9 Å². The number of allylic oxidation sites excluding steroid dienone is 1. The van der Waals surface area contributed by atoms with E-state index in [1.807, 2.05) is 0 Å². The Morgan fingerprint density at radius 3 is 3.08 bits per heavy atom. The average Bonchev–Trinajstić information content (AvgIpc) is 2.12. The number of hydrogen-bond acceptors (Lipinski definition) is 1. The van der Waals surface area contributed by atoms with Gasteiger partial charge in [0.2, 0.25) is 0 Å². The molecule has 0 radical (unpaired) electrons. The van der Waals surface area contributed by atoms with Crippen molar-refractivity contribution in [3.63, 3.8) is 0 Å². The Morgan fingerprint density at radius 1 is 1.42 bits per heavy atom. The maximum Gasteiger partial charge on any atom is 0.0730 e. The van der Waals surface area contributed by atoms with Crippen molar-refractivity contribution in [2.75, 3.05) is 0 Å². The molecule has 0 bridgehead atoms. The Kier molecular flexibility index (Phi) is 2.56. The first kappa shape index (κ1) is 8.76. The monoisotopic (exact) mass is 230 g/mol. The van der Waals surface area contributed by atoms with Crippen molar-refractivity contribution in [3.05, 3.63) is 11.6 Å². The molecule has 0 aliphatic heterocycles. The summed E-state index contributed by atoms with van der Waals surface area (Å²) in [6.07, 6.45) is 8.17. The third-order valence-corrected chi connectivity index (χ3v) is 4.09. The highest BCUT2D eigenvalue weighted by molar-refractivity contribution is 9.09. The summed E-state index contributed by atoms with van der Waals surface area (Å²) in [4.78, 5) is 0.331. The summed E-state index contributed by atoms with van der Waals surface area (Å²) in [7, 11) is 0. The van der Waals surface area contributed by atoms with Gasteiger partial charge >= 0.3 is 0 Å². The van der Waals surface area contributed by atoms with Crippen LogP contribution in [-0.4, -0.2) is 16.0 Å². The minimum atomic E-state index is -0.134. The molecule has 0 aromatic carbocycles.